The van der Waals surface area contributed by atoms with E-state index < -0.39 is 6.09 Å². The molecule has 4 N–H and O–H groups in total. The Bertz CT molecular complexity index is 819. The minimum absolute atomic E-state index is 0.135. The van der Waals surface area contributed by atoms with Crippen molar-refractivity contribution in [2.75, 3.05) is 17.2 Å². The molecular weight excluding hydrogens is 346 g/mol. The number of para-hydroxylation sites is 2. The molecule has 0 radical (unpaired) electrons. The predicted molar refractivity (Wildman–Crippen MR) is 104 cm³/mol. The molecule has 2 aromatic carbocycles. The van der Waals surface area contributed by atoms with Crippen LogP contribution in [0.4, 0.5) is 16.2 Å². The third kappa shape index (κ3) is 7.03. The molecular formula is C20H21N3O4. The van der Waals surface area contributed by atoms with Gasteiger partial charge < -0.3 is 15.7 Å². The van der Waals surface area contributed by atoms with Gasteiger partial charge in [0, 0.05) is 18.5 Å². The fraction of sp³-hybridized carbons (Fsp3) is 0.150. The molecule has 2 rings (SSSR count). The van der Waals surface area contributed by atoms with E-state index in [4.69, 9.17) is 5.11 Å². The zero-order valence-electron chi connectivity index (χ0n) is 14.6. The fourth-order valence-electron chi connectivity index (χ4n) is 2.29. The Kier molecular flexibility index (Phi) is 7.59. The van der Waals surface area contributed by atoms with Crippen molar-refractivity contribution in [1.29, 1.82) is 0 Å². The van der Waals surface area contributed by atoms with Crippen LogP contribution in [0.2, 0.25) is 0 Å². The third-order valence-corrected chi connectivity index (χ3v) is 3.55. The first-order valence-corrected chi connectivity index (χ1v) is 8.43. The van der Waals surface area contributed by atoms with Crippen molar-refractivity contribution in [2.24, 2.45) is 0 Å². The maximum Gasteiger partial charge on any atom is 0.409 e. The second kappa shape index (κ2) is 10.4. The van der Waals surface area contributed by atoms with E-state index >= 15 is 0 Å². The first-order valence-electron chi connectivity index (χ1n) is 8.43. The maximum absolute atomic E-state index is 12.0. The lowest BCUT2D eigenvalue weighted by Gasteiger charge is -2.09. The van der Waals surface area contributed by atoms with Crippen molar-refractivity contribution < 1.29 is 19.5 Å². The lowest BCUT2D eigenvalue weighted by molar-refractivity contribution is -0.115. The summed E-state index contributed by atoms with van der Waals surface area (Å²) in [6.07, 6.45) is 3.06. The molecule has 0 saturated heterocycles. The molecule has 3 amide bonds. The smallest absolute Gasteiger partial charge is 0.409 e. The van der Waals surface area contributed by atoms with Gasteiger partial charge in [-0.1, -0.05) is 42.5 Å². The number of nitrogens with one attached hydrogen (secondary N) is 3. The van der Waals surface area contributed by atoms with Crippen LogP contribution in [0.15, 0.2) is 66.7 Å². The first kappa shape index (κ1) is 19.7. The number of amides is 3. The third-order valence-electron chi connectivity index (χ3n) is 3.55. The van der Waals surface area contributed by atoms with Crippen molar-refractivity contribution in [3.05, 3.63) is 72.3 Å². The van der Waals surface area contributed by atoms with Crippen molar-refractivity contribution in [1.82, 2.24) is 5.32 Å². The van der Waals surface area contributed by atoms with Crippen LogP contribution < -0.4 is 16.0 Å². The van der Waals surface area contributed by atoms with E-state index in [0.717, 1.165) is 0 Å². The van der Waals surface area contributed by atoms with E-state index in [0.29, 0.717) is 29.9 Å². The van der Waals surface area contributed by atoms with Gasteiger partial charge in [-0.05, 0) is 30.7 Å². The molecule has 2 aromatic rings. The second-order valence-corrected chi connectivity index (χ2v) is 5.61. The fourth-order valence-corrected chi connectivity index (χ4v) is 2.29. The molecule has 0 aliphatic carbocycles. The molecule has 0 aliphatic rings. The summed E-state index contributed by atoms with van der Waals surface area (Å²) in [5.74, 6) is -0.400. The van der Waals surface area contributed by atoms with Gasteiger partial charge in [0.15, 0.2) is 0 Å². The predicted octanol–water partition coefficient (Wildman–Crippen LogP) is 3.48. The van der Waals surface area contributed by atoms with E-state index in [1.165, 1.54) is 0 Å². The molecule has 0 spiro atoms. The largest absolute Gasteiger partial charge is 0.465 e. The van der Waals surface area contributed by atoms with Crippen molar-refractivity contribution >= 4 is 29.3 Å². The number of rotatable bonds is 8. The van der Waals surface area contributed by atoms with Gasteiger partial charge in [0.2, 0.25) is 5.91 Å². The van der Waals surface area contributed by atoms with Gasteiger partial charge in [0.1, 0.15) is 0 Å². The Labute approximate surface area is 157 Å². The van der Waals surface area contributed by atoms with Crippen molar-refractivity contribution in [3.8, 4) is 0 Å². The molecule has 0 saturated carbocycles. The van der Waals surface area contributed by atoms with Crippen LogP contribution in [0.25, 0.3) is 0 Å². The minimum atomic E-state index is -1.20. The van der Waals surface area contributed by atoms with Crippen LogP contribution in [0.5, 0.6) is 0 Å². The van der Waals surface area contributed by atoms with Crippen LogP contribution in [0, 0.1) is 0 Å². The summed E-state index contributed by atoms with van der Waals surface area (Å²) in [6, 6.07) is 15.5. The number of carboxylic acid groups (broad SMARTS) is 1. The van der Waals surface area contributed by atoms with Gasteiger partial charge in [-0.15, -0.1) is 0 Å². The van der Waals surface area contributed by atoms with Gasteiger partial charge in [-0.25, -0.2) is 4.79 Å². The SMILES string of the molecule is O=C(O)Nc1ccccc1NC(=O)CC=CCCNC(=O)c1ccccc1. The molecule has 7 nitrogen and oxygen atoms in total. The molecule has 27 heavy (non-hydrogen) atoms. The molecule has 0 fully saturated rings. The van der Waals surface area contributed by atoms with Gasteiger partial charge in [0.05, 0.1) is 11.4 Å². The number of carbonyl (C=O) groups is 3. The van der Waals surface area contributed by atoms with Gasteiger partial charge >= 0.3 is 6.09 Å². The number of hydrogen-bond donors (Lipinski definition) is 4. The lowest BCUT2D eigenvalue weighted by Crippen LogP contribution is -2.23. The minimum Gasteiger partial charge on any atom is -0.465 e. The van der Waals surface area contributed by atoms with Crippen molar-refractivity contribution in [3.63, 3.8) is 0 Å². The zero-order valence-corrected chi connectivity index (χ0v) is 14.6. The normalized spacial score (nSPS) is 10.4. The standard InChI is InChI=1S/C20H21N3O4/c24-18(22-16-11-6-7-12-17(16)23-20(26)27)13-5-2-8-14-21-19(25)15-9-3-1-4-10-15/h1-7,9-12,23H,8,13-14H2,(H,21,25)(H,22,24)(H,26,27). The Morgan fingerprint density at radius 1 is 0.852 bits per heavy atom. The molecule has 0 bridgehead atoms. The van der Waals surface area contributed by atoms with E-state index in [2.05, 4.69) is 16.0 Å². The second-order valence-electron chi connectivity index (χ2n) is 5.61. The highest BCUT2D eigenvalue weighted by atomic mass is 16.4. The summed E-state index contributed by atoms with van der Waals surface area (Å²) in [7, 11) is 0. The molecule has 0 atom stereocenters. The number of hydrogen-bond acceptors (Lipinski definition) is 3. The summed E-state index contributed by atoms with van der Waals surface area (Å²) in [5.41, 5.74) is 1.31. The molecule has 0 aromatic heterocycles. The van der Waals surface area contributed by atoms with Gasteiger partial charge in [-0.3, -0.25) is 14.9 Å². The van der Waals surface area contributed by atoms with Crippen LogP contribution in [0.1, 0.15) is 23.2 Å². The summed E-state index contributed by atoms with van der Waals surface area (Å²) in [4.78, 5) is 34.6. The average molecular weight is 367 g/mol. The summed E-state index contributed by atoms with van der Waals surface area (Å²) in [6.45, 7) is 0.469. The average Bonchev–Trinajstić information content (AvgIpc) is 2.66. The van der Waals surface area contributed by atoms with Crippen LogP contribution >= 0.6 is 0 Å². The first-order chi connectivity index (χ1) is 13.1. The van der Waals surface area contributed by atoms with E-state index in [9.17, 15) is 14.4 Å². The van der Waals surface area contributed by atoms with Crippen LogP contribution in [0.3, 0.4) is 0 Å². The monoisotopic (exact) mass is 367 g/mol. The number of benzene rings is 2. The zero-order chi connectivity index (χ0) is 19.5. The molecule has 0 aliphatic heterocycles. The Morgan fingerprint density at radius 2 is 1.48 bits per heavy atom. The molecule has 7 heteroatoms. The van der Waals surface area contributed by atoms with Crippen LogP contribution in [-0.2, 0) is 4.79 Å². The Hall–Kier alpha value is -3.61. The van der Waals surface area contributed by atoms with Gasteiger partial charge in [0.25, 0.3) is 5.91 Å². The van der Waals surface area contributed by atoms with Crippen molar-refractivity contribution in [2.45, 2.75) is 12.8 Å². The van der Waals surface area contributed by atoms with E-state index in [-0.39, 0.29) is 18.2 Å². The topological polar surface area (TPSA) is 108 Å². The molecule has 0 unspecified atom stereocenters. The lowest BCUT2D eigenvalue weighted by atomic mass is 10.2. The number of anilines is 2. The summed E-state index contributed by atoms with van der Waals surface area (Å²) >= 11 is 0. The summed E-state index contributed by atoms with van der Waals surface area (Å²) < 4.78 is 0. The van der Waals surface area contributed by atoms with E-state index in [1.807, 2.05) is 12.1 Å². The quantitative estimate of drug-likeness (QED) is 0.423. The molecule has 0 heterocycles. The highest BCUT2D eigenvalue weighted by Gasteiger charge is 2.07. The van der Waals surface area contributed by atoms with E-state index in [1.54, 1.807) is 54.6 Å². The highest BCUT2D eigenvalue weighted by molar-refractivity contribution is 5.97. The molecule has 140 valence electrons. The summed E-state index contributed by atoms with van der Waals surface area (Å²) in [5, 5.41) is 16.5. The maximum atomic E-state index is 12.0. The van der Waals surface area contributed by atoms with Crippen LogP contribution in [-0.4, -0.2) is 29.6 Å². The highest BCUT2D eigenvalue weighted by Crippen LogP contribution is 2.20. The number of carbonyl (C=O) groups excluding carboxylic acids is 2. The Balaban J connectivity index is 1.71. The Morgan fingerprint density at radius 3 is 2.15 bits per heavy atom. The van der Waals surface area contributed by atoms with Gasteiger partial charge in [-0.2, -0.15) is 0 Å².